The Balaban J connectivity index is 1.50. The van der Waals surface area contributed by atoms with Crippen LogP contribution < -0.4 is 10.1 Å². The molecule has 0 aliphatic heterocycles. The van der Waals surface area contributed by atoms with Gasteiger partial charge in [-0.05, 0) is 26.0 Å². The Morgan fingerprint density at radius 3 is 2.67 bits per heavy atom. The first kappa shape index (κ1) is 20.9. The van der Waals surface area contributed by atoms with Crippen molar-refractivity contribution in [3.05, 3.63) is 71.8 Å². The van der Waals surface area contributed by atoms with E-state index in [4.69, 9.17) is 14.0 Å². The molecule has 0 aliphatic carbocycles. The van der Waals surface area contributed by atoms with Crippen LogP contribution in [0.2, 0.25) is 0 Å². The number of esters is 1. The monoisotopic (exact) mass is 406 g/mol. The van der Waals surface area contributed by atoms with Gasteiger partial charge in [-0.15, -0.1) is 0 Å². The SMILES string of the molecule is CCOc1ccccc1/C=C/C(=O)OCC(=O)Nc1cc(-c2ccc(C)cc2)no1. The number of anilines is 1. The molecule has 1 aromatic heterocycles. The molecule has 0 aliphatic rings. The Morgan fingerprint density at radius 1 is 1.13 bits per heavy atom. The van der Waals surface area contributed by atoms with E-state index in [1.165, 1.54) is 6.08 Å². The van der Waals surface area contributed by atoms with Crippen molar-refractivity contribution in [3.8, 4) is 17.0 Å². The summed E-state index contributed by atoms with van der Waals surface area (Å²) in [6.07, 6.45) is 2.82. The summed E-state index contributed by atoms with van der Waals surface area (Å²) in [7, 11) is 0. The molecule has 0 fully saturated rings. The van der Waals surface area contributed by atoms with Gasteiger partial charge in [-0.1, -0.05) is 53.2 Å². The third kappa shape index (κ3) is 5.81. The van der Waals surface area contributed by atoms with Crippen LogP contribution in [0, 0.1) is 6.92 Å². The zero-order valence-corrected chi connectivity index (χ0v) is 16.8. The van der Waals surface area contributed by atoms with E-state index in [2.05, 4.69) is 10.5 Å². The molecular formula is C23H22N2O5. The van der Waals surface area contributed by atoms with Crippen LogP contribution in [-0.4, -0.2) is 30.2 Å². The lowest BCUT2D eigenvalue weighted by Gasteiger charge is -2.06. The second-order valence-corrected chi connectivity index (χ2v) is 6.40. The Morgan fingerprint density at radius 2 is 1.90 bits per heavy atom. The number of carbonyl (C=O) groups excluding carboxylic acids is 2. The van der Waals surface area contributed by atoms with Gasteiger partial charge in [0.15, 0.2) is 6.61 Å². The zero-order chi connectivity index (χ0) is 21.3. The van der Waals surface area contributed by atoms with Crippen molar-refractivity contribution in [3.63, 3.8) is 0 Å². The molecule has 1 N–H and O–H groups in total. The maximum absolute atomic E-state index is 12.0. The highest BCUT2D eigenvalue weighted by molar-refractivity contribution is 5.94. The average Bonchev–Trinajstić information content (AvgIpc) is 3.20. The molecule has 7 nitrogen and oxygen atoms in total. The number of nitrogens with zero attached hydrogens (tertiary/aromatic N) is 1. The van der Waals surface area contributed by atoms with Crippen molar-refractivity contribution in [1.29, 1.82) is 0 Å². The number of nitrogens with one attached hydrogen (secondary N) is 1. The molecule has 0 unspecified atom stereocenters. The van der Waals surface area contributed by atoms with Crippen LogP contribution >= 0.6 is 0 Å². The third-order valence-electron chi connectivity index (χ3n) is 4.08. The number of ether oxygens (including phenoxy) is 2. The Labute approximate surface area is 174 Å². The lowest BCUT2D eigenvalue weighted by Crippen LogP contribution is -2.19. The van der Waals surface area contributed by atoms with Gasteiger partial charge in [-0.2, -0.15) is 0 Å². The summed E-state index contributed by atoms with van der Waals surface area (Å²) in [6.45, 7) is 3.94. The smallest absolute Gasteiger partial charge is 0.331 e. The van der Waals surface area contributed by atoms with Crippen molar-refractivity contribution in [1.82, 2.24) is 5.16 Å². The maximum Gasteiger partial charge on any atom is 0.331 e. The second kappa shape index (κ2) is 10.1. The van der Waals surface area contributed by atoms with Crippen molar-refractivity contribution in [2.75, 3.05) is 18.5 Å². The van der Waals surface area contributed by atoms with Gasteiger partial charge in [-0.3, -0.25) is 10.1 Å². The molecule has 2 aromatic carbocycles. The van der Waals surface area contributed by atoms with E-state index in [0.29, 0.717) is 18.1 Å². The normalized spacial score (nSPS) is 10.7. The van der Waals surface area contributed by atoms with Gasteiger partial charge >= 0.3 is 5.97 Å². The van der Waals surface area contributed by atoms with E-state index in [1.54, 1.807) is 12.1 Å². The van der Waals surface area contributed by atoms with Crippen molar-refractivity contribution >= 4 is 23.8 Å². The average molecular weight is 406 g/mol. The fourth-order valence-electron chi connectivity index (χ4n) is 2.62. The fourth-order valence-corrected chi connectivity index (χ4v) is 2.62. The van der Waals surface area contributed by atoms with Crippen LogP contribution in [0.25, 0.3) is 17.3 Å². The number of rotatable bonds is 8. The highest BCUT2D eigenvalue weighted by Gasteiger charge is 2.11. The van der Waals surface area contributed by atoms with Crippen LogP contribution in [0.15, 0.2) is 65.2 Å². The number of para-hydroxylation sites is 1. The Bertz CT molecular complexity index is 1040. The summed E-state index contributed by atoms with van der Waals surface area (Å²) in [5.41, 5.74) is 3.34. The predicted octanol–water partition coefficient (Wildman–Crippen LogP) is 4.24. The van der Waals surface area contributed by atoms with Gasteiger partial charge in [0.2, 0.25) is 5.88 Å². The number of hydrogen-bond donors (Lipinski definition) is 1. The molecule has 0 atom stereocenters. The number of amides is 1. The molecule has 3 rings (SSSR count). The first-order valence-corrected chi connectivity index (χ1v) is 9.45. The van der Waals surface area contributed by atoms with Crippen LogP contribution in [0.4, 0.5) is 5.88 Å². The number of benzene rings is 2. The maximum atomic E-state index is 12.0. The first-order chi connectivity index (χ1) is 14.5. The minimum Gasteiger partial charge on any atom is -0.493 e. The summed E-state index contributed by atoms with van der Waals surface area (Å²) in [5.74, 6) is -0.336. The number of aromatic nitrogens is 1. The molecule has 3 aromatic rings. The summed E-state index contributed by atoms with van der Waals surface area (Å²) in [6, 6.07) is 16.7. The van der Waals surface area contributed by atoms with Gasteiger partial charge in [0, 0.05) is 23.3 Å². The van der Waals surface area contributed by atoms with Crippen molar-refractivity contribution in [2.24, 2.45) is 0 Å². The van der Waals surface area contributed by atoms with E-state index >= 15 is 0 Å². The molecule has 154 valence electrons. The lowest BCUT2D eigenvalue weighted by atomic mass is 10.1. The van der Waals surface area contributed by atoms with Gasteiger partial charge in [0.25, 0.3) is 5.91 Å². The van der Waals surface area contributed by atoms with Gasteiger partial charge in [-0.25, -0.2) is 4.79 Å². The summed E-state index contributed by atoms with van der Waals surface area (Å²) < 4.78 is 15.6. The largest absolute Gasteiger partial charge is 0.493 e. The van der Waals surface area contributed by atoms with Crippen molar-refractivity contribution in [2.45, 2.75) is 13.8 Å². The lowest BCUT2D eigenvalue weighted by molar-refractivity contribution is -0.142. The van der Waals surface area contributed by atoms with Gasteiger partial charge in [0.05, 0.1) is 6.61 Å². The molecule has 0 bridgehead atoms. The predicted molar refractivity (Wildman–Crippen MR) is 113 cm³/mol. The topological polar surface area (TPSA) is 90.7 Å². The molecule has 0 saturated carbocycles. The highest BCUT2D eigenvalue weighted by atomic mass is 16.5. The van der Waals surface area contributed by atoms with E-state index in [1.807, 2.05) is 62.4 Å². The van der Waals surface area contributed by atoms with E-state index in [0.717, 1.165) is 16.7 Å². The minimum absolute atomic E-state index is 0.174. The zero-order valence-electron chi connectivity index (χ0n) is 16.8. The van der Waals surface area contributed by atoms with Crippen LogP contribution in [0.3, 0.4) is 0 Å². The minimum atomic E-state index is -0.644. The first-order valence-electron chi connectivity index (χ1n) is 9.45. The highest BCUT2D eigenvalue weighted by Crippen LogP contribution is 2.22. The molecular weight excluding hydrogens is 384 g/mol. The van der Waals surface area contributed by atoms with Gasteiger partial charge < -0.3 is 14.0 Å². The molecule has 0 spiro atoms. The summed E-state index contributed by atoms with van der Waals surface area (Å²) >= 11 is 0. The third-order valence-corrected chi connectivity index (χ3v) is 4.08. The summed E-state index contributed by atoms with van der Waals surface area (Å²) in [5, 5.41) is 6.44. The number of carbonyl (C=O) groups is 2. The van der Waals surface area contributed by atoms with Crippen LogP contribution in [0.1, 0.15) is 18.1 Å². The van der Waals surface area contributed by atoms with Gasteiger partial charge in [0.1, 0.15) is 11.4 Å². The molecule has 1 heterocycles. The number of hydrogen-bond acceptors (Lipinski definition) is 6. The molecule has 0 radical (unpaired) electrons. The van der Waals surface area contributed by atoms with Crippen LogP contribution in [-0.2, 0) is 14.3 Å². The van der Waals surface area contributed by atoms with E-state index in [9.17, 15) is 9.59 Å². The molecule has 1 amide bonds. The standard InChI is InChI=1S/C23H22N2O5/c1-3-28-20-7-5-4-6-18(20)12-13-23(27)29-15-21(26)24-22-14-19(25-30-22)17-10-8-16(2)9-11-17/h4-14H,3,15H2,1-2H3,(H,24,26)/b13-12+. The molecule has 7 heteroatoms. The van der Waals surface area contributed by atoms with E-state index < -0.39 is 18.5 Å². The molecule has 30 heavy (non-hydrogen) atoms. The van der Waals surface area contributed by atoms with Crippen LogP contribution in [0.5, 0.6) is 5.75 Å². The quantitative estimate of drug-likeness (QED) is 0.444. The Hall–Kier alpha value is -3.87. The Kier molecular flexibility index (Phi) is 7.00. The van der Waals surface area contributed by atoms with E-state index in [-0.39, 0.29) is 5.88 Å². The van der Waals surface area contributed by atoms with Crippen molar-refractivity contribution < 1.29 is 23.6 Å². The fraction of sp³-hybridized carbons (Fsp3) is 0.174. The second-order valence-electron chi connectivity index (χ2n) is 6.40. The molecule has 0 saturated heterocycles. The number of aryl methyl sites for hydroxylation is 1. The summed E-state index contributed by atoms with van der Waals surface area (Å²) in [4.78, 5) is 23.9.